The highest BCUT2D eigenvalue weighted by molar-refractivity contribution is 5.01. The molecule has 0 saturated heterocycles. The molecule has 2 heterocycles. The van der Waals surface area contributed by atoms with Crippen molar-refractivity contribution < 1.29 is 9.26 Å². The first kappa shape index (κ1) is 15.6. The molecule has 0 aliphatic rings. The van der Waals surface area contributed by atoms with Gasteiger partial charge in [-0.3, -0.25) is 0 Å². The molecule has 0 amide bonds. The van der Waals surface area contributed by atoms with E-state index >= 15 is 0 Å². The van der Waals surface area contributed by atoms with E-state index in [1.165, 1.54) is 0 Å². The quantitative estimate of drug-likeness (QED) is 0.780. The lowest BCUT2D eigenvalue weighted by Crippen LogP contribution is -2.29. The van der Waals surface area contributed by atoms with E-state index in [4.69, 9.17) is 15.0 Å². The Labute approximate surface area is 123 Å². The predicted molar refractivity (Wildman–Crippen MR) is 75.2 cm³/mol. The van der Waals surface area contributed by atoms with Gasteiger partial charge in [-0.1, -0.05) is 24.2 Å². The van der Waals surface area contributed by atoms with Crippen molar-refractivity contribution in [1.82, 2.24) is 25.1 Å². The molecule has 0 saturated carbocycles. The summed E-state index contributed by atoms with van der Waals surface area (Å²) in [6.07, 6.45) is 3.34. The summed E-state index contributed by atoms with van der Waals surface area (Å²) in [7, 11) is 0. The van der Waals surface area contributed by atoms with Crippen LogP contribution in [0.2, 0.25) is 0 Å². The largest absolute Gasteiger partial charge is 0.367 e. The van der Waals surface area contributed by atoms with Crippen molar-refractivity contribution in [2.24, 2.45) is 5.73 Å². The normalized spacial score (nSPS) is 12.0. The molecular formula is C13H22N6O2. The third-order valence-corrected chi connectivity index (χ3v) is 3.53. The highest BCUT2D eigenvalue weighted by Gasteiger charge is 2.34. The molecule has 116 valence electrons. The molecule has 2 N–H and O–H groups in total. The van der Waals surface area contributed by atoms with E-state index in [2.05, 4.69) is 34.3 Å². The Morgan fingerprint density at radius 3 is 2.67 bits per heavy atom. The fraction of sp³-hybridized carbons (Fsp3) is 0.692. The van der Waals surface area contributed by atoms with Crippen LogP contribution in [0.25, 0.3) is 0 Å². The van der Waals surface area contributed by atoms with E-state index in [0.29, 0.717) is 31.4 Å². The fourth-order valence-electron chi connectivity index (χ4n) is 2.26. The van der Waals surface area contributed by atoms with E-state index in [1.54, 1.807) is 10.9 Å². The van der Waals surface area contributed by atoms with Crippen LogP contribution in [0.15, 0.2) is 10.7 Å². The average Bonchev–Trinajstić information content (AvgIpc) is 3.15. The molecule has 0 bridgehead atoms. The molecule has 2 aromatic rings. The molecule has 0 aliphatic heterocycles. The van der Waals surface area contributed by atoms with Crippen LogP contribution >= 0.6 is 0 Å². The van der Waals surface area contributed by atoms with Crippen molar-refractivity contribution in [3.05, 3.63) is 23.6 Å². The molecule has 0 unspecified atom stereocenters. The highest BCUT2D eigenvalue weighted by atomic mass is 16.5. The zero-order valence-electron chi connectivity index (χ0n) is 12.7. The van der Waals surface area contributed by atoms with Crippen LogP contribution in [-0.4, -0.2) is 31.7 Å². The molecule has 0 atom stereocenters. The van der Waals surface area contributed by atoms with Crippen molar-refractivity contribution >= 4 is 0 Å². The zero-order chi connectivity index (χ0) is 15.3. The first-order chi connectivity index (χ1) is 10.2. The molecule has 2 rings (SSSR count). The Morgan fingerprint density at radius 2 is 2.10 bits per heavy atom. The van der Waals surface area contributed by atoms with Gasteiger partial charge >= 0.3 is 0 Å². The number of hydrogen-bond donors (Lipinski definition) is 1. The SMILES string of the molecule is CCOC(CC)(CC)c1noc(Cn2cc(CN)nn2)n1. The molecule has 0 aromatic carbocycles. The molecule has 0 spiro atoms. The number of ether oxygens (including phenoxy) is 1. The van der Waals surface area contributed by atoms with Gasteiger partial charge in [0.1, 0.15) is 12.1 Å². The number of hydrogen-bond acceptors (Lipinski definition) is 7. The van der Waals surface area contributed by atoms with Crippen LogP contribution in [-0.2, 0) is 23.4 Å². The van der Waals surface area contributed by atoms with E-state index in [-0.39, 0.29) is 0 Å². The summed E-state index contributed by atoms with van der Waals surface area (Å²) in [5, 5.41) is 12.0. The molecule has 0 radical (unpaired) electrons. The van der Waals surface area contributed by atoms with E-state index in [9.17, 15) is 0 Å². The predicted octanol–water partition coefficient (Wildman–Crippen LogP) is 1.22. The summed E-state index contributed by atoms with van der Waals surface area (Å²) in [5.74, 6) is 1.06. The van der Waals surface area contributed by atoms with Gasteiger partial charge in [-0.15, -0.1) is 5.10 Å². The van der Waals surface area contributed by atoms with Crippen LogP contribution in [0.5, 0.6) is 0 Å². The number of rotatable bonds is 8. The van der Waals surface area contributed by atoms with Gasteiger partial charge in [-0.25, -0.2) is 4.68 Å². The van der Waals surface area contributed by atoms with Gasteiger partial charge in [0, 0.05) is 13.2 Å². The standard InChI is InChI=1S/C13H22N6O2/c1-4-13(5-2,20-6-3)12-15-11(21-17-12)9-19-8-10(7-14)16-18-19/h8H,4-7,9,14H2,1-3H3. The summed E-state index contributed by atoms with van der Waals surface area (Å²) in [5.41, 5.74) is 5.74. The first-order valence-electron chi connectivity index (χ1n) is 7.23. The first-order valence-corrected chi connectivity index (χ1v) is 7.23. The maximum Gasteiger partial charge on any atom is 0.248 e. The number of nitrogens with two attached hydrogens (primary N) is 1. The second-order valence-electron chi connectivity index (χ2n) is 4.76. The Balaban J connectivity index is 2.16. The molecule has 8 heteroatoms. The summed E-state index contributed by atoms with van der Waals surface area (Å²) in [4.78, 5) is 4.45. The minimum atomic E-state index is -0.485. The maximum absolute atomic E-state index is 5.86. The van der Waals surface area contributed by atoms with Gasteiger partial charge in [0.25, 0.3) is 0 Å². The Kier molecular flexibility index (Phi) is 5.03. The molecule has 21 heavy (non-hydrogen) atoms. The lowest BCUT2D eigenvalue weighted by molar-refractivity contribution is -0.0583. The molecular weight excluding hydrogens is 272 g/mol. The van der Waals surface area contributed by atoms with Gasteiger partial charge in [-0.05, 0) is 19.8 Å². The smallest absolute Gasteiger partial charge is 0.248 e. The van der Waals surface area contributed by atoms with Gasteiger partial charge in [-0.2, -0.15) is 4.98 Å². The second kappa shape index (κ2) is 6.77. The molecule has 2 aromatic heterocycles. The van der Waals surface area contributed by atoms with Gasteiger partial charge in [0.2, 0.25) is 11.7 Å². The van der Waals surface area contributed by atoms with Crippen molar-refractivity contribution in [3.63, 3.8) is 0 Å². The Morgan fingerprint density at radius 1 is 1.33 bits per heavy atom. The lowest BCUT2D eigenvalue weighted by atomic mass is 9.96. The number of aromatic nitrogens is 5. The third-order valence-electron chi connectivity index (χ3n) is 3.53. The van der Waals surface area contributed by atoms with Crippen LogP contribution in [0.1, 0.15) is 51.0 Å². The number of nitrogens with zero attached hydrogens (tertiary/aromatic N) is 5. The van der Waals surface area contributed by atoms with Gasteiger partial charge < -0.3 is 15.0 Å². The van der Waals surface area contributed by atoms with Crippen LogP contribution < -0.4 is 5.73 Å². The summed E-state index contributed by atoms with van der Waals surface area (Å²) in [6, 6.07) is 0. The van der Waals surface area contributed by atoms with Gasteiger partial charge in [0.05, 0.1) is 11.9 Å². The topological polar surface area (TPSA) is 105 Å². The summed E-state index contributed by atoms with van der Waals surface area (Å²) < 4.78 is 12.8. The van der Waals surface area contributed by atoms with Crippen LogP contribution in [0, 0.1) is 0 Å². The molecule has 0 aliphatic carbocycles. The second-order valence-corrected chi connectivity index (χ2v) is 4.76. The fourth-order valence-corrected chi connectivity index (χ4v) is 2.26. The van der Waals surface area contributed by atoms with Crippen molar-refractivity contribution in [2.75, 3.05) is 6.61 Å². The minimum Gasteiger partial charge on any atom is -0.367 e. The molecule has 0 fully saturated rings. The summed E-state index contributed by atoms with van der Waals surface area (Å²) >= 11 is 0. The van der Waals surface area contributed by atoms with E-state index < -0.39 is 5.60 Å². The zero-order valence-corrected chi connectivity index (χ0v) is 12.7. The van der Waals surface area contributed by atoms with E-state index in [1.807, 2.05) is 6.92 Å². The Hall–Kier alpha value is -1.80. The van der Waals surface area contributed by atoms with Crippen molar-refractivity contribution in [3.8, 4) is 0 Å². The van der Waals surface area contributed by atoms with Gasteiger partial charge in [0.15, 0.2) is 0 Å². The summed E-state index contributed by atoms with van der Waals surface area (Å²) in [6.45, 7) is 7.41. The molecule has 8 nitrogen and oxygen atoms in total. The van der Waals surface area contributed by atoms with E-state index in [0.717, 1.165) is 18.5 Å². The average molecular weight is 294 g/mol. The highest BCUT2D eigenvalue weighted by Crippen LogP contribution is 2.30. The van der Waals surface area contributed by atoms with Crippen molar-refractivity contribution in [2.45, 2.75) is 52.3 Å². The van der Waals surface area contributed by atoms with Crippen LogP contribution in [0.4, 0.5) is 0 Å². The Bertz CT molecular complexity index is 561. The monoisotopic (exact) mass is 294 g/mol. The third kappa shape index (κ3) is 3.27. The minimum absolute atomic E-state index is 0.355. The maximum atomic E-state index is 5.86. The lowest BCUT2D eigenvalue weighted by Gasteiger charge is -2.27. The van der Waals surface area contributed by atoms with Crippen molar-refractivity contribution in [1.29, 1.82) is 0 Å². The van der Waals surface area contributed by atoms with Crippen LogP contribution in [0.3, 0.4) is 0 Å².